The molecule has 2 N–H and O–H groups in total. The van der Waals surface area contributed by atoms with Crippen molar-refractivity contribution in [2.24, 2.45) is 4.99 Å². The highest BCUT2D eigenvalue weighted by Crippen LogP contribution is 2.26. The first-order chi connectivity index (χ1) is 11.8. The Morgan fingerprint density at radius 1 is 1.36 bits per heavy atom. The van der Waals surface area contributed by atoms with Gasteiger partial charge in [-0.15, -0.1) is 24.0 Å². The second kappa shape index (κ2) is 10.7. The van der Waals surface area contributed by atoms with Crippen LogP contribution in [0.4, 0.5) is 0 Å². The molecule has 2 fully saturated rings. The summed E-state index contributed by atoms with van der Waals surface area (Å²) in [4.78, 5) is 7.53. The molecular formula is C19H33IN4S. The van der Waals surface area contributed by atoms with Crippen molar-refractivity contribution in [1.82, 2.24) is 15.5 Å². The van der Waals surface area contributed by atoms with E-state index >= 15 is 0 Å². The first-order valence-electron chi connectivity index (χ1n) is 9.57. The molecule has 1 aliphatic carbocycles. The van der Waals surface area contributed by atoms with E-state index in [0.717, 1.165) is 25.1 Å². The quantitative estimate of drug-likeness (QED) is 0.370. The molecule has 142 valence electrons. The van der Waals surface area contributed by atoms with Gasteiger partial charge < -0.3 is 10.6 Å². The van der Waals surface area contributed by atoms with Crippen LogP contribution in [0.5, 0.6) is 0 Å². The van der Waals surface area contributed by atoms with Crippen LogP contribution in [0, 0.1) is 0 Å². The van der Waals surface area contributed by atoms with Gasteiger partial charge in [-0.05, 0) is 48.6 Å². The summed E-state index contributed by atoms with van der Waals surface area (Å²) in [5.41, 5.74) is 1.40. The number of likely N-dealkylation sites (tertiary alicyclic amines) is 1. The van der Waals surface area contributed by atoms with Crippen molar-refractivity contribution in [2.75, 3.05) is 26.2 Å². The van der Waals surface area contributed by atoms with E-state index in [2.05, 4.69) is 46.2 Å². The van der Waals surface area contributed by atoms with Crippen LogP contribution < -0.4 is 10.6 Å². The van der Waals surface area contributed by atoms with E-state index in [-0.39, 0.29) is 24.0 Å². The van der Waals surface area contributed by atoms with Crippen LogP contribution in [-0.4, -0.2) is 49.1 Å². The van der Waals surface area contributed by atoms with Crippen molar-refractivity contribution in [3.8, 4) is 0 Å². The lowest BCUT2D eigenvalue weighted by Gasteiger charge is -2.24. The molecule has 1 saturated heterocycles. The van der Waals surface area contributed by atoms with E-state index in [9.17, 15) is 0 Å². The zero-order valence-electron chi connectivity index (χ0n) is 15.5. The van der Waals surface area contributed by atoms with Crippen molar-refractivity contribution in [3.63, 3.8) is 0 Å². The summed E-state index contributed by atoms with van der Waals surface area (Å²) in [6.45, 7) is 8.57. The summed E-state index contributed by atoms with van der Waals surface area (Å²) in [6, 6.07) is 3.59. The van der Waals surface area contributed by atoms with Gasteiger partial charge in [0.1, 0.15) is 0 Å². The van der Waals surface area contributed by atoms with Gasteiger partial charge in [0.05, 0.1) is 0 Å². The highest BCUT2D eigenvalue weighted by atomic mass is 127. The molecule has 2 unspecified atom stereocenters. The Labute approximate surface area is 173 Å². The van der Waals surface area contributed by atoms with Crippen LogP contribution in [0.1, 0.15) is 57.4 Å². The van der Waals surface area contributed by atoms with Gasteiger partial charge in [-0.25, -0.2) is 0 Å². The van der Waals surface area contributed by atoms with Gasteiger partial charge in [0.15, 0.2) is 5.96 Å². The van der Waals surface area contributed by atoms with Gasteiger partial charge in [-0.3, -0.25) is 9.89 Å². The highest BCUT2D eigenvalue weighted by Gasteiger charge is 2.30. The van der Waals surface area contributed by atoms with E-state index in [1.807, 2.05) is 0 Å². The average Bonchev–Trinajstić information content (AvgIpc) is 3.33. The number of nitrogens with one attached hydrogen (secondary N) is 2. The molecule has 0 aromatic carbocycles. The summed E-state index contributed by atoms with van der Waals surface area (Å²) < 4.78 is 0. The Kier molecular flexibility index (Phi) is 8.99. The first kappa shape index (κ1) is 21.0. The van der Waals surface area contributed by atoms with Crippen LogP contribution >= 0.6 is 35.3 Å². The SMILES string of the molecule is CCNC(=NCC(C)c1ccsc1)NC1CCN(C2CCCC2)C1.I. The summed E-state index contributed by atoms with van der Waals surface area (Å²) in [6.07, 6.45) is 6.88. The minimum absolute atomic E-state index is 0. The second-order valence-corrected chi connectivity index (χ2v) is 8.02. The van der Waals surface area contributed by atoms with Crippen LogP contribution in [0.25, 0.3) is 0 Å². The highest BCUT2D eigenvalue weighted by molar-refractivity contribution is 14.0. The predicted octanol–water partition coefficient (Wildman–Crippen LogP) is 4.04. The van der Waals surface area contributed by atoms with Gasteiger partial charge in [0.2, 0.25) is 0 Å². The van der Waals surface area contributed by atoms with E-state index in [1.54, 1.807) is 11.3 Å². The minimum Gasteiger partial charge on any atom is -0.357 e. The Balaban J connectivity index is 0.00000225. The second-order valence-electron chi connectivity index (χ2n) is 7.24. The summed E-state index contributed by atoms with van der Waals surface area (Å²) in [7, 11) is 0. The topological polar surface area (TPSA) is 39.7 Å². The van der Waals surface area contributed by atoms with E-state index in [4.69, 9.17) is 4.99 Å². The zero-order chi connectivity index (χ0) is 16.8. The smallest absolute Gasteiger partial charge is 0.191 e. The Morgan fingerprint density at radius 2 is 2.16 bits per heavy atom. The monoisotopic (exact) mass is 476 g/mol. The van der Waals surface area contributed by atoms with E-state index < -0.39 is 0 Å². The molecule has 1 aromatic heterocycles. The molecule has 2 atom stereocenters. The largest absolute Gasteiger partial charge is 0.357 e. The molecule has 0 radical (unpaired) electrons. The van der Waals surface area contributed by atoms with Crippen molar-refractivity contribution in [1.29, 1.82) is 0 Å². The van der Waals surface area contributed by atoms with Crippen LogP contribution in [0.15, 0.2) is 21.8 Å². The minimum atomic E-state index is 0. The maximum absolute atomic E-state index is 4.84. The molecule has 1 aromatic rings. The lowest BCUT2D eigenvalue weighted by Crippen LogP contribution is -2.45. The van der Waals surface area contributed by atoms with Crippen LogP contribution in [0.3, 0.4) is 0 Å². The third kappa shape index (κ3) is 6.10. The Bertz CT molecular complexity index is 514. The van der Waals surface area contributed by atoms with Gasteiger partial charge >= 0.3 is 0 Å². The summed E-state index contributed by atoms with van der Waals surface area (Å²) in [5.74, 6) is 1.46. The fourth-order valence-electron chi connectivity index (χ4n) is 3.91. The first-order valence-corrected chi connectivity index (χ1v) is 10.5. The number of halogens is 1. The molecule has 1 saturated carbocycles. The number of hydrogen-bond donors (Lipinski definition) is 2. The normalized spacial score (nSPS) is 23.4. The van der Waals surface area contributed by atoms with Crippen molar-refractivity contribution in [2.45, 2.75) is 64.0 Å². The summed E-state index contributed by atoms with van der Waals surface area (Å²) >= 11 is 1.77. The van der Waals surface area contributed by atoms with Crippen molar-refractivity contribution >= 4 is 41.3 Å². The van der Waals surface area contributed by atoms with Crippen molar-refractivity contribution in [3.05, 3.63) is 22.4 Å². The Hall–Kier alpha value is -0.340. The van der Waals surface area contributed by atoms with Crippen LogP contribution in [-0.2, 0) is 0 Å². The standard InChI is InChI=1S/C19H32N4S.HI/c1-3-20-19(21-12-15(2)16-9-11-24-14-16)22-17-8-10-23(13-17)18-6-4-5-7-18;/h9,11,14-15,17-18H,3-8,10,12-13H2,1-2H3,(H2,20,21,22);1H. The number of rotatable bonds is 6. The zero-order valence-corrected chi connectivity index (χ0v) is 18.7. The maximum atomic E-state index is 4.84. The number of guanidine groups is 1. The fraction of sp³-hybridized carbons (Fsp3) is 0.737. The third-order valence-corrected chi connectivity index (χ3v) is 6.08. The van der Waals surface area contributed by atoms with Gasteiger partial charge in [-0.2, -0.15) is 11.3 Å². The molecular weight excluding hydrogens is 443 g/mol. The molecule has 1 aliphatic heterocycles. The lowest BCUT2D eigenvalue weighted by molar-refractivity contribution is 0.242. The molecule has 25 heavy (non-hydrogen) atoms. The molecule has 2 heterocycles. The number of nitrogens with zero attached hydrogens (tertiary/aromatic N) is 2. The van der Waals surface area contributed by atoms with Gasteiger partial charge in [-0.1, -0.05) is 19.8 Å². The van der Waals surface area contributed by atoms with E-state index in [0.29, 0.717) is 12.0 Å². The molecule has 2 aliphatic rings. The molecule has 6 heteroatoms. The fourth-order valence-corrected chi connectivity index (χ4v) is 4.69. The van der Waals surface area contributed by atoms with Gasteiger partial charge in [0.25, 0.3) is 0 Å². The van der Waals surface area contributed by atoms with E-state index in [1.165, 1.54) is 50.8 Å². The van der Waals surface area contributed by atoms with Crippen LogP contribution in [0.2, 0.25) is 0 Å². The Morgan fingerprint density at radius 3 is 2.84 bits per heavy atom. The maximum Gasteiger partial charge on any atom is 0.191 e. The molecule has 3 rings (SSSR count). The van der Waals surface area contributed by atoms with Crippen molar-refractivity contribution < 1.29 is 0 Å². The lowest BCUT2D eigenvalue weighted by atomic mass is 10.1. The molecule has 0 spiro atoms. The molecule has 0 amide bonds. The molecule has 0 bridgehead atoms. The average molecular weight is 476 g/mol. The number of thiophene rings is 1. The number of aliphatic imine (C=N–C) groups is 1. The summed E-state index contributed by atoms with van der Waals surface area (Å²) in [5, 5.41) is 11.5. The number of hydrogen-bond acceptors (Lipinski definition) is 3. The molecule has 4 nitrogen and oxygen atoms in total. The van der Waals surface area contributed by atoms with Gasteiger partial charge in [0, 0.05) is 44.2 Å². The third-order valence-electron chi connectivity index (χ3n) is 5.38. The predicted molar refractivity (Wildman–Crippen MR) is 119 cm³/mol.